The van der Waals surface area contributed by atoms with Crippen LogP contribution >= 0.6 is 11.3 Å². The van der Waals surface area contributed by atoms with E-state index in [1.807, 2.05) is 36.6 Å². The Bertz CT molecular complexity index is 979. The smallest absolute Gasteiger partial charge is 0.233 e. The quantitative estimate of drug-likeness (QED) is 0.654. The third-order valence-corrected chi connectivity index (χ3v) is 6.03. The van der Waals surface area contributed by atoms with Crippen molar-refractivity contribution in [3.8, 4) is 0 Å². The van der Waals surface area contributed by atoms with Gasteiger partial charge >= 0.3 is 0 Å². The van der Waals surface area contributed by atoms with Gasteiger partial charge in [0, 0.05) is 17.5 Å². The van der Waals surface area contributed by atoms with Gasteiger partial charge in [0.25, 0.3) is 0 Å². The van der Waals surface area contributed by atoms with Crippen LogP contribution in [0.2, 0.25) is 0 Å². The van der Waals surface area contributed by atoms with Gasteiger partial charge in [-0.3, -0.25) is 4.79 Å². The zero-order chi connectivity index (χ0) is 18.9. The van der Waals surface area contributed by atoms with Crippen LogP contribution in [0, 0.1) is 5.41 Å². The summed E-state index contributed by atoms with van der Waals surface area (Å²) in [5.74, 6) is 0.0361. The molecule has 27 heavy (non-hydrogen) atoms. The number of aromatic nitrogens is 1. The standard InChI is InChI=1S/C23H22N2OS/c1-3-7-16-10-11-18-15-23(2,21(26)25-22-24-12-13-27-22)20(19(18)14-16)17-8-5-4-6-9-17/h3-14,20H,15H2,1-2H3,(H,24,25,26). The van der Waals surface area contributed by atoms with Crippen LogP contribution in [0.4, 0.5) is 5.13 Å². The largest absolute Gasteiger partial charge is 0.301 e. The highest BCUT2D eigenvalue weighted by atomic mass is 32.1. The van der Waals surface area contributed by atoms with E-state index in [1.165, 1.54) is 33.6 Å². The molecule has 2 unspecified atom stereocenters. The summed E-state index contributed by atoms with van der Waals surface area (Å²) in [4.78, 5) is 17.6. The van der Waals surface area contributed by atoms with E-state index in [-0.39, 0.29) is 11.8 Å². The van der Waals surface area contributed by atoms with E-state index in [1.54, 1.807) is 6.20 Å². The van der Waals surface area contributed by atoms with Crippen LogP contribution in [0.5, 0.6) is 0 Å². The number of nitrogens with one attached hydrogen (secondary N) is 1. The fourth-order valence-electron chi connectivity index (χ4n) is 4.11. The minimum Gasteiger partial charge on any atom is -0.301 e. The lowest BCUT2D eigenvalue weighted by molar-refractivity contribution is -0.125. The molecular formula is C23H22N2OS. The molecule has 2 atom stereocenters. The number of thiazole rings is 1. The van der Waals surface area contributed by atoms with E-state index in [4.69, 9.17) is 0 Å². The second kappa shape index (κ2) is 7.12. The van der Waals surface area contributed by atoms with Gasteiger partial charge in [0.1, 0.15) is 0 Å². The molecule has 1 N–H and O–H groups in total. The number of carbonyl (C=O) groups is 1. The summed E-state index contributed by atoms with van der Waals surface area (Å²) in [5, 5.41) is 5.56. The summed E-state index contributed by atoms with van der Waals surface area (Å²) in [6, 6.07) is 16.9. The molecule has 0 spiro atoms. The molecule has 1 heterocycles. The third-order valence-electron chi connectivity index (χ3n) is 5.34. The van der Waals surface area contributed by atoms with E-state index < -0.39 is 5.41 Å². The van der Waals surface area contributed by atoms with Crippen molar-refractivity contribution in [2.24, 2.45) is 5.41 Å². The number of fused-ring (bicyclic) bond motifs is 1. The predicted octanol–water partition coefficient (Wildman–Crippen LogP) is 5.51. The first kappa shape index (κ1) is 17.7. The Morgan fingerprint density at radius 2 is 2.07 bits per heavy atom. The molecule has 1 amide bonds. The zero-order valence-corrected chi connectivity index (χ0v) is 16.3. The molecule has 1 aliphatic carbocycles. The van der Waals surface area contributed by atoms with Crippen LogP contribution in [0.15, 0.2) is 66.2 Å². The lowest BCUT2D eigenvalue weighted by Gasteiger charge is -2.31. The van der Waals surface area contributed by atoms with Crippen molar-refractivity contribution in [3.63, 3.8) is 0 Å². The highest BCUT2D eigenvalue weighted by Gasteiger charge is 2.48. The highest BCUT2D eigenvalue weighted by Crippen LogP contribution is 2.51. The number of amides is 1. The Morgan fingerprint density at radius 1 is 1.26 bits per heavy atom. The maximum atomic E-state index is 13.3. The van der Waals surface area contributed by atoms with Crippen LogP contribution < -0.4 is 5.32 Å². The van der Waals surface area contributed by atoms with E-state index in [9.17, 15) is 4.79 Å². The fourth-order valence-corrected chi connectivity index (χ4v) is 4.63. The molecule has 3 nitrogen and oxygen atoms in total. The van der Waals surface area contributed by atoms with Gasteiger partial charge in [-0.15, -0.1) is 11.3 Å². The molecule has 1 aliphatic rings. The number of carbonyl (C=O) groups excluding carboxylic acids is 1. The number of rotatable bonds is 4. The summed E-state index contributed by atoms with van der Waals surface area (Å²) < 4.78 is 0. The average molecular weight is 375 g/mol. The number of benzene rings is 2. The topological polar surface area (TPSA) is 42.0 Å². The van der Waals surface area contributed by atoms with Gasteiger partial charge in [-0.2, -0.15) is 0 Å². The summed E-state index contributed by atoms with van der Waals surface area (Å²) in [5.41, 5.74) is 4.26. The van der Waals surface area contributed by atoms with Crippen LogP contribution in [0.3, 0.4) is 0 Å². The van der Waals surface area contributed by atoms with Crippen molar-refractivity contribution in [1.29, 1.82) is 0 Å². The van der Waals surface area contributed by atoms with E-state index in [2.05, 4.69) is 53.6 Å². The van der Waals surface area contributed by atoms with E-state index in [0.29, 0.717) is 5.13 Å². The van der Waals surface area contributed by atoms with Gasteiger partial charge in [0.05, 0.1) is 5.41 Å². The molecule has 0 aliphatic heterocycles. The number of anilines is 1. The lowest BCUT2D eigenvalue weighted by Crippen LogP contribution is -2.37. The monoisotopic (exact) mass is 374 g/mol. The van der Waals surface area contributed by atoms with Crippen LogP contribution in [-0.4, -0.2) is 10.9 Å². The van der Waals surface area contributed by atoms with Crippen LogP contribution in [0.25, 0.3) is 6.08 Å². The first-order valence-corrected chi connectivity index (χ1v) is 10.0. The second-order valence-electron chi connectivity index (χ2n) is 7.19. The zero-order valence-electron chi connectivity index (χ0n) is 15.5. The first-order valence-electron chi connectivity index (χ1n) is 9.13. The van der Waals surface area contributed by atoms with Gasteiger partial charge in [-0.05, 0) is 42.5 Å². The Morgan fingerprint density at radius 3 is 2.78 bits per heavy atom. The second-order valence-corrected chi connectivity index (χ2v) is 8.08. The average Bonchev–Trinajstić information content (AvgIpc) is 3.28. The first-order chi connectivity index (χ1) is 13.1. The van der Waals surface area contributed by atoms with Crippen LogP contribution in [0.1, 0.15) is 42.0 Å². The van der Waals surface area contributed by atoms with Crippen molar-refractivity contribution >= 4 is 28.5 Å². The van der Waals surface area contributed by atoms with Crippen molar-refractivity contribution in [2.75, 3.05) is 5.32 Å². The molecule has 4 rings (SSSR count). The van der Waals surface area contributed by atoms with Crippen molar-refractivity contribution < 1.29 is 4.79 Å². The van der Waals surface area contributed by atoms with Gasteiger partial charge in [0.15, 0.2) is 5.13 Å². The number of hydrogen-bond donors (Lipinski definition) is 1. The van der Waals surface area contributed by atoms with Gasteiger partial charge < -0.3 is 5.32 Å². The fraction of sp³-hybridized carbons (Fsp3) is 0.217. The SMILES string of the molecule is CC=Cc1ccc2c(c1)C(c1ccccc1)C(C)(C(=O)Nc1nccs1)C2. The normalized spacial score (nSPS) is 21.3. The molecule has 2 aromatic carbocycles. The van der Waals surface area contributed by atoms with Crippen LogP contribution in [-0.2, 0) is 11.2 Å². The minimum atomic E-state index is -0.566. The van der Waals surface area contributed by atoms with E-state index in [0.717, 1.165) is 6.42 Å². The molecule has 0 radical (unpaired) electrons. The maximum Gasteiger partial charge on any atom is 0.233 e. The molecule has 1 aromatic heterocycles. The number of nitrogens with zero attached hydrogens (tertiary/aromatic N) is 1. The molecule has 3 aromatic rings. The molecular weight excluding hydrogens is 352 g/mol. The summed E-state index contributed by atoms with van der Waals surface area (Å²) in [6.07, 6.45) is 6.58. The van der Waals surface area contributed by atoms with Gasteiger partial charge in [-0.25, -0.2) is 4.98 Å². The summed E-state index contributed by atoms with van der Waals surface area (Å²) in [7, 11) is 0. The molecule has 0 bridgehead atoms. The Balaban J connectivity index is 1.80. The molecule has 0 saturated heterocycles. The Labute approximate surface area is 163 Å². The predicted molar refractivity (Wildman–Crippen MR) is 112 cm³/mol. The van der Waals surface area contributed by atoms with Crippen molar-refractivity contribution in [3.05, 3.63) is 88.4 Å². The summed E-state index contributed by atoms with van der Waals surface area (Å²) in [6.45, 7) is 4.09. The van der Waals surface area contributed by atoms with Gasteiger partial charge in [-0.1, -0.05) is 60.7 Å². The lowest BCUT2D eigenvalue weighted by atomic mass is 9.73. The van der Waals surface area contributed by atoms with Crippen molar-refractivity contribution in [1.82, 2.24) is 4.98 Å². The van der Waals surface area contributed by atoms with Crippen molar-refractivity contribution in [2.45, 2.75) is 26.2 Å². The molecule has 0 saturated carbocycles. The minimum absolute atomic E-state index is 0.0128. The highest BCUT2D eigenvalue weighted by molar-refractivity contribution is 7.13. The summed E-state index contributed by atoms with van der Waals surface area (Å²) >= 11 is 1.45. The Hall–Kier alpha value is -2.72. The number of allylic oxidation sites excluding steroid dienone is 1. The molecule has 4 heteroatoms. The van der Waals surface area contributed by atoms with Gasteiger partial charge in [0.2, 0.25) is 5.91 Å². The van der Waals surface area contributed by atoms with E-state index >= 15 is 0 Å². The molecule has 0 fully saturated rings. The third kappa shape index (κ3) is 3.21. The maximum absolute atomic E-state index is 13.3. The molecule has 136 valence electrons. The Kier molecular flexibility index (Phi) is 4.66. The number of hydrogen-bond acceptors (Lipinski definition) is 3.